The number of nitro benzene ring substituents is 1. The highest BCUT2D eigenvalue weighted by atomic mass is 35.5. The average Bonchev–Trinajstić information content (AvgIpc) is 3.02. The third kappa shape index (κ3) is 4.95. The van der Waals surface area contributed by atoms with Crippen LogP contribution in [0.2, 0.25) is 5.02 Å². The van der Waals surface area contributed by atoms with E-state index in [1.54, 1.807) is 28.8 Å². The number of esters is 1. The molecule has 0 bridgehead atoms. The molecule has 0 spiro atoms. The van der Waals surface area contributed by atoms with Crippen molar-refractivity contribution in [1.82, 2.24) is 4.57 Å². The van der Waals surface area contributed by atoms with Crippen molar-refractivity contribution < 1.29 is 19.2 Å². The van der Waals surface area contributed by atoms with Gasteiger partial charge in [-0.25, -0.2) is 0 Å². The number of carbonyl (C=O) groups excluding carboxylic acids is 2. The van der Waals surface area contributed by atoms with Gasteiger partial charge in [-0.15, -0.1) is 0 Å². The minimum absolute atomic E-state index is 0.0751. The van der Waals surface area contributed by atoms with E-state index in [1.165, 1.54) is 48.8 Å². The van der Waals surface area contributed by atoms with Gasteiger partial charge in [0.1, 0.15) is 6.54 Å². The summed E-state index contributed by atoms with van der Waals surface area (Å²) in [5.41, 5.74) is 1.11. The SMILES string of the molecule is COC(=O)Cn1c(=NC(=O)C=Cc2cccc([N+](=O)[O-])c2)sc2cc(Cl)ccc21. The first kappa shape index (κ1) is 20.4. The van der Waals surface area contributed by atoms with E-state index >= 15 is 0 Å². The van der Waals surface area contributed by atoms with Crippen LogP contribution in [0.5, 0.6) is 0 Å². The Labute approximate surface area is 173 Å². The molecular formula is C19H14ClN3O5S. The van der Waals surface area contributed by atoms with E-state index in [4.69, 9.17) is 16.3 Å². The highest BCUT2D eigenvalue weighted by molar-refractivity contribution is 7.16. The lowest BCUT2D eigenvalue weighted by molar-refractivity contribution is -0.384. The number of methoxy groups -OCH3 is 1. The van der Waals surface area contributed by atoms with E-state index in [2.05, 4.69) is 4.99 Å². The lowest BCUT2D eigenvalue weighted by atomic mass is 10.2. The van der Waals surface area contributed by atoms with Gasteiger partial charge in [-0.1, -0.05) is 35.1 Å². The minimum atomic E-state index is -0.576. The highest BCUT2D eigenvalue weighted by Crippen LogP contribution is 2.22. The first-order chi connectivity index (χ1) is 13.9. The Kier molecular flexibility index (Phi) is 6.20. The van der Waals surface area contributed by atoms with Gasteiger partial charge in [0.05, 0.1) is 22.2 Å². The molecule has 148 valence electrons. The Hall–Kier alpha value is -3.30. The molecule has 0 radical (unpaired) electrons. The van der Waals surface area contributed by atoms with Crippen LogP contribution in [-0.4, -0.2) is 28.5 Å². The lowest BCUT2D eigenvalue weighted by Gasteiger charge is -2.03. The highest BCUT2D eigenvalue weighted by Gasteiger charge is 2.12. The van der Waals surface area contributed by atoms with Crippen molar-refractivity contribution in [3.8, 4) is 0 Å². The molecule has 0 unspecified atom stereocenters. The van der Waals surface area contributed by atoms with Gasteiger partial charge in [0, 0.05) is 23.2 Å². The maximum Gasteiger partial charge on any atom is 0.325 e. The maximum atomic E-state index is 12.3. The maximum absolute atomic E-state index is 12.3. The zero-order valence-corrected chi connectivity index (χ0v) is 16.6. The Balaban J connectivity index is 1.97. The number of non-ortho nitro benzene ring substituents is 1. The molecule has 0 saturated heterocycles. The van der Waals surface area contributed by atoms with Gasteiger partial charge >= 0.3 is 5.97 Å². The fraction of sp³-hybridized carbons (Fsp3) is 0.105. The molecule has 0 atom stereocenters. The van der Waals surface area contributed by atoms with E-state index < -0.39 is 16.8 Å². The summed E-state index contributed by atoms with van der Waals surface area (Å²) in [5.74, 6) is -1.06. The summed E-state index contributed by atoms with van der Waals surface area (Å²) in [6.07, 6.45) is 2.65. The number of hydrogen-bond donors (Lipinski definition) is 0. The quantitative estimate of drug-likeness (QED) is 0.266. The lowest BCUT2D eigenvalue weighted by Crippen LogP contribution is -2.22. The Bertz CT molecular complexity index is 1210. The summed E-state index contributed by atoms with van der Waals surface area (Å²) < 4.78 is 7.05. The number of carbonyl (C=O) groups is 2. The summed E-state index contributed by atoms with van der Waals surface area (Å²) in [6, 6.07) is 11.0. The molecule has 0 N–H and O–H groups in total. The van der Waals surface area contributed by atoms with Crippen LogP contribution in [0, 0.1) is 10.1 Å². The molecule has 29 heavy (non-hydrogen) atoms. The number of rotatable bonds is 5. The molecule has 10 heteroatoms. The fourth-order valence-corrected chi connectivity index (χ4v) is 3.83. The van der Waals surface area contributed by atoms with Crippen molar-refractivity contribution in [2.75, 3.05) is 7.11 Å². The van der Waals surface area contributed by atoms with Crippen LogP contribution in [0.15, 0.2) is 53.5 Å². The number of aromatic nitrogens is 1. The summed E-state index contributed by atoms with van der Waals surface area (Å²) in [6.45, 7) is -0.112. The average molecular weight is 432 g/mol. The van der Waals surface area contributed by atoms with Crippen LogP contribution < -0.4 is 4.80 Å². The van der Waals surface area contributed by atoms with Crippen LogP contribution >= 0.6 is 22.9 Å². The van der Waals surface area contributed by atoms with Gasteiger partial charge in [0.15, 0.2) is 4.80 Å². The van der Waals surface area contributed by atoms with Gasteiger partial charge in [0.25, 0.3) is 11.6 Å². The number of thiazole rings is 1. The van der Waals surface area contributed by atoms with E-state index in [0.29, 0.717) is 20.9 Å². The minimum Gasteiger partial charge on any atom is -0.468 e. The van der Waals surface area contributed by atoms with Crippen LogP contribution in [0.1, 0.15) is 5.56 Å². The van der Waals surface area contributed by atoms with Crippen molar-refractivity contribution in [2.24, 2.45) is 4.99 Å². The largest absolute Gasteiger partial charge is 0.468 e. The molecule has 0 aliphatic carbocycles. The van der Waals surface area contributed by atoms with Crippen molar-refractivity contribution in [3.63, 3.8) is 0 Å². The standard InChI is InChI=1S/C19H14ClN3O5S/c1-28-18(25)11-22-15-7-6-13(20)10-16(15)29-19(22)21-17(24)8-5-12-3-2-4-14(9-12)23(26)27/h2-10H,11H2,1H3. The van der Waals surface area contributed by atoms with Gasteiger partial charge in [-0.3, -0.25) is 19.7 Å². The van der Waals surface area contributed by atoms with Gasteiger partial charge in [-0.2, -0.15) is 4.99 Å². The Morgan fingerprint density at radius 1 is 1.31 bits per heavy atom. The van der Waals surface area contributed by atoms with E-state index in [0.717, 1.165) is 4.70 Å². The first-order valence-electron chi connectivity index (χ1n) is 8.24. The molecule has 1 heterocycles. The second-order valence-corrected chi connectivity index (χ2v) is 7.24. The molecule has 3 rings (SSSR count). The van der Waals surface area contributed by atoms with E-state index in [-0.39, 0.29) is 12.2 Å². The van der Waals surface area contributed by atoms with Crippen LogP contribution in [0.3, 0.4) is 0 Å². The second kappa shape index (κ2) is 8.80. The predicted octanol–water partition coefficient (Wildman–Crippen LogP) is 3.58. The monoisotopic (exact) mass is 431 g/mol. The first-order valence-corrected chi connectivity index (χ1v) is 9.44. The summed E-state index contributed by atoms with van der Waals surface area (Å²) >= 11 is 7.23. The zero-order valence-electron chi connectivity index (χ0n) is 15.1. The van der Waals surface area contributed by atoms with Crippen molar-refractivity contribution in [3.05, 3.63) is 74.0 Å². The third-order valence-corrected chi connectivity index (χ3v) is 5.14. The molecule has 1 amide bonds. The van der Waals surface area contributed by atoms with Crippen LogP contribution in [-0.2, 0) is 20.9 Å². The number of nitro groups is 1. The van der Waals surface area contributed by atoms with Crippen LogP contribution in [0.4, 0.5) is 5.69 Å². The molecule has 2 aromatic carbocycles. The van der Waals surface area contributed by atoms with E-state index in [1.807, 2.05) is 0 Å². The Morgan fingerprint density at radius 3 is 2.83 bits per heavy atom. The summed E-state index contributed by atoms with van der Waals surface area (Å²) in [4.78, 5) is 38.8. The van der Waals surface area contributed by atoms with Gasteiger partial charge < -0.3 is 9.30 Å². The Morgan fingerprint density at radius 2 is 2.10 bits per heavy atom. The van der Waals surface area contributed by atoms with Crippen molar-refractivity contribution in [1.29, 1.82) is 0 Å². The molecule has 8 nitrogen and oxygen atoms in total. The summed E-state index contributed by atoms with van der Waals surface area (Å²) in [5, 5.41) is 11.4. The van der Waals surface area contributed by atoms with Crippen molar-refractivity contribution >= 4 is 56.8 Å². The van der Waals surface area contributed by atoms with Gasteiger partial charge in [-0.05, 0) is 29.8 Å². The molecule has 1 aromatic heterocycles. The second-order valence-electron chi connectivity index (χ2n) is 5.79. The fourth-order valence-electron chi connectivity index (χ4n) is 2.52. The third-order valence-electron chi connectivity index (χ3n) is 3.86. The number of nitrogens with zero attached hydrogens (tertiary/aromatic N) is 3. The number of fused-ring (bicyclic) bond motifs is 1. The number of halogens is 1. The molecule has 0 aliphatic heterocycles. The van der Waals surface area contributed by atoms with Crippen molar-refractivity contribution in [2.45, 2.75) is 6.54 Å². The molecule has 3 aromatic rings. The number of hydrogen-bond acceptors (Lipinski definition) is 6. The smallest absolute Gasteiger partial charge is 0.325 e. The zero-order chi connectivity index (χ0) is 21.0. The molecule has 0 saturated carbocycles. The number of benzene rings is 2. The molecule has 0 aliphatic rings. The number of ether oxygens (including phenoxy) is 1. The van der Waals surface area contributed by atoms with E-state index in [9.17, 15) is 19.7 Å². The molecular weight excluding hydrogens is 418 g/mol. The number of amides is 1. The molecule has 0 fully saturated rings. The summed E-state index contributed by atoms with van der Waals surface area (Å²) in [7, 11) is 1.28. The topological polar surface area (TPSA) is 104 Å². The normalized spacial score (nSPS) is 11.9. The predicted molar refractivity (Wildman–Crippen MR) is 110 cm³/mol. The van der Waals surface area contributed by atoms with Gasteiger partial charge in [0.2, 0.25) is 0 Å². The van der Waals surface area contributed by atoms with Crippen LogP contribution in [0.25, 0.3) is 16.3 Å².